The summed E-state index contributed by atoms with van der Waals surface area (Å²) < 4.78 is 8.72. The van der Waals surface area contributed by atoms with Gasteiger partial charge < -0.3 is 24.6 Å². The van der Waals surface area contributed by atoms with E-state index in [1.54, 1.807) is 4.57 Å². The van der Waals surface area contributed by atoms with Gasteiger partial charge in [-0.2, -0.15) is 0 Å². The maximum atomic E-state index is 9.79. The van der Waals surface area contributed by atoms with Crippen LogP contribution in [0.1, 0.15) is 12.6 Å². The first-order chi connectivity index (χ1) is 10.2. The van der Waals surface area contributed by atoms with Crippen molar-refractivity contribution in [2.75, 3.05) is 13.2 Å². The number of nitrogens with one attached hydrogen (secondary N) is 1. The monoisotopic (exact) mass is 295 g/mol. The summed E-state index contributed by atoms with van der Waals surface area (Å²) in [4.78, 5) is 8.42. The van der Waals surface area contributed by atoms with Gasteiger partial charge in [0.1, 0.15) is 17.8 Å². The van der Waals surface area contributed by atoms with E-state index in [2.05, 4.69) is 9.97 Å². The minimum absolute atomic E-state index is 0.0828. The molecule has 1 aliphatic heterocycles. The zero-order chi connectivity index (χ0) is 15.0. The molecule has 3 heterocycles. The van der Waals surface area contributed by atoms with E-state index in [1.165, 1.54) is 17.2 Å². The third-order valence-electron chi connectivity index (χ3n) is 3.63. The number of rotatable bonds is 4. The number of aliphatic hydroxyl groups excluding tert-OH is 3. The van der Waals surface area contributed by atoms with Crippen LogP contribution in [0.15, 0.2) is 12.7 Å². The van der Waals surface area contributed by atoms with Crippen LogP contribution in [0.2, 0.25) is 0 Å². The Labute approximate surface area is 119 Å². The molecule has 2 aromatic heterocycles. The highest BCUT2D eigenvalue weighted by Gasteiger charge is 2.35. The van der Waals surface area contributed by atoms with Crippen molar-refractivity contribution in [2.24, 2.45) is 0 Å². The van der Waals surface area contributed by atoms with Crippen LogP contribution in [0.3, 0.4) is 0 Å². The Hall–Kier alpha value is -1.81. The van der Waals surface area contributed by atoms with Gasteiger partial charge in [-0.25, -0.2) is 9.97 Å². The molecular weight excluding hydrogens is 278 g/mol. The second-order valence-corrected chi connectivity index (χ2v) is 4.95. The molecule has 9 nitrogen and oxygen atoms in total. The quantitative estimate of drug-likeness (QED) is 0.534. The molecule has 3 rings (SSSR count). The smallest absolute Gasteiger partial charge is 0.167 e. The van der Waals surface area contributed by atoms with Gasteiger partial charge in [-0.05, 0) is 0 Å². The number of hydrogen-bond donors (Lipinski definition) is 4. The van der Waals surface area contributed by atoms with Crippen molar-refractivity contribution < 1.29 is 20.1 Å². The van der Waals surface area contributed by atoms with Crippen molar-refractivity contribution in [3.05, 3.63) is 18.1 Å². The van der Waals surface area contributed by atoms with Crippen LogP contribution in [0.5, 0.6) is 0 Å². The molecule has 1 saturated heterocycles. The zero-order valence-corrected chi connectivity index (χ0v) is 11.3. The lowest BCUT2D eigenvalue weighted by atomic mass is 10.2. The summed E-state index contributed by atoms with van der Waals surface area (Å²) >= 11 is 0. The average molecular weight is 295 g/mol. The molecular formula is C12H17N5O4. The summed E-state index contributed by atoms with van der Waals surface area (Å²) in [7, 11) is 0. The van der Waals surface area contributed by atoms with Crippen LogP contribution in [0.4, 0.5) is 0 Å². The lowest BCUT2D eigenvalue weighted by molar-refractivity contribution is -0.0432. The van der Waals surface area contributed by atoms with Crippen molar-refractivity contribution >= 4 is 11.2 Å². The van der Waals surface area contributed by atoms with E-state index in [-0.39, 0.29) is 25.2 Å². The first kappa shape index (κ1) is 14.1. The second kappa shape index (κ2) is 5.53. The molecule has 1 aliphatic rings. The number of nitrogens with zero attached hydrogens (tertiary/aromatic N) is 4. The van der Waals surface area contributed by atoms with E-state index in [0.717, 1.165) is 0 Å². The summed E-state index contributed by atoms with van der Waals surface area (Å²) in [5.74, 6) is 0. The topological polar surface area (TPSA) is 129 Å². The minimum Gasteiger partial charge on any atom is -0.395 e. The third-order valence-corrected chi connectivity index (χ3v) is 3.63. The van der Waals surface area contributed by atoms with Gasteiger partial charge in [0.25, 0.3) is 0 Å². The molecule has 0 saturated carbocycles. The minimum atomic E-state index is -0.740. The van der Waals surface area contributed by atoms with E-state index in [9.17, 15) is 5.11 Å². The summed E-state index contributed by atoms with van der Waals surface area (Å²) in [5.41, 5.74) is 1.03. The number of hydrogen-bond acceptors (Lipinski definition) is 7. The highest BCUT2D eigenvalue weighted by atomic mass is 16.5. The Kier molecular flexibility index (Phi) is 3.72. The predicted octanol–water partition coefficient (Wildman–Crippen LogP) is -1.65. The highest BCUT2D eigenvalue weighted by molar-refractivity contribution is 5.68. The number of aromatic nitrogens is 4. The van der Waals surface area contributed by atoms with Crippen molar-refractivity contribution in [3.63, 3.8) is 0 Å². The van der Waals surface area contributed by atoms with E-state index in [0.29, 0.717) is 17.6 Å². The molecule has 0 amide bonds. The average Bonchev–Trinajstić information content (AvgIpc) is 3.05. The van der Waals surface area contributed by atoms with Crippen LogP contribution in [-0.4, -0.2) is 59.8 Å². The molecule has 0 aliphatic carbocycles. The first-order valence-corrected chi connectivity index (χ1v) is 6.67. The predicted molar refractivity (Wildman–Crippen MR) is 70.1 cm³/mol. The molecule has 2 aromatic rings. The number of aliphatic hydroxyl groups is 3. The zero-order valence-electron chi connectivity index (χ0n) is 11.3. The van der Waals surface area contributed by atoms with Gasteiger partial charge in [0.05, 0.1) is 32.0 Å². The van der Waals surface area contributed by atoms with Gasteiger partial charge >= 0.3 is 0 Å². The second-order valence-electron chi connectivity index (χ2n) is 4.95. The van der Waals surface area contributed by atoms with Gasteiger partial charge in [-0.1, -0.05) is 0 Å². The lowest BCUT2D eigenvalue weighted by Crippen LogP contribution is -2.24. The standard InChI is InChI=1S/C12H17N5O4/c13-11-10-12(15-5-16(11)1-2-18)17(6-14-10)9-3-7(20)8(4-19)21-9/h5-9,13,18-20H,1-4H2/t7-,8-,9-/m1/s1. The first-order valence-electron chi connectivity index (χ1n) is 6.67. The van der Waals surface area contributed by atoms with E-state index < -0.39 is 18.4 Å². The largest absolute Gasteiger partial charge is 0.395 e. The van der Waals surface area contributed by atoms with Crippen molar-refractivity contribution in [1.29, 1.82) is 5.41 Å². The number of imidazole rings is 1. The van der Waals surface area contributed by atoms with E-state index >= 15 is 0 Å². The van der Waals surface area contributed by atoms with Crippen molar-refractivity contribution in [2.45, 2.75) is 31.4 Å². The van der Waals surface area contributed by atoms with Gasteiger partial charge in [0.15, 0.2) is 11.1 Å². The maximum Gasteiger partial charge on any atom is 0.167 e. The molecule has 0 radical (unpaired) electrons. The molecule has 0 aromatic carbocycles. The normalized spacial score (nSPS) is 25.8. The van der Waals surface area contributed by atoms with Gasteiger partial charge in [0.2, 0.25) is 0 Å². The summed E-state index contributed by atoms with van der Waals surface area (Å²) in [5, 5.41) is 35.9. The van der Waals surface area contributed by atoms with Crippen molar-refractivity contribution in [1.82, 2.24) is 19.1 Å². The Morgan fingerprint density at radius 2 is 2.14 bits per heavy atom. The van der Waals surface area contributed by atoms with Crippen LogP contribution in [-0.2, 0) is 11.3 Å². The van der Waals surface area contributed by atoms with E-state index in [4.69, 9.17) is 20.4 Å². The Balaban J connectivity index is 1.98. The van der Waals surface area contributed by atoms with Crippen LogP contribution in [0, 0.1) is 5.41 Å². The third kappa shape index (κ3) is 2.33. The van der Waals surface area contributed by atoms with Crippen molar-refractivity contribution in [3.8, 4) is 0 Å². The molecule has 0 spiro atoms. The summed E-state index contributed by atoms with van der Waals surface area (Å²) in [6.07, 6.45) is 1.48. The molecule has 3 atom stereocenters. The summed E-state index contributed by atoms with van der Waals surface area (Å²) in [6, 6.07) is 0. The molecule has 0 bridgehead atoms. The van der Waals surface area contributed by atoms with Crippen LogP contribution in [0.25, 0.3) is 11.2 Å². The maximum absolute atomic E-state index is 9.79. The van der Waals surface area contributed by atoms with Gasteiger partial charge in [0, 0.05) is 13.0 Å². The summed E-state index contributed by atoms with van der Waals surface area (Å²) in [6.45, 7) is -0.0572. The van der Waals surface area contributed by atoms with Gasteiger partial charge in [-0.15, -0.1) is 0 Å². The fourth-order valence-electron chi connectivity index (χ4n) is 2.51. The number of fused-ring (bicyclic) bond motifs is 1. The van der Waals surface area contributed by atoms with Crippen LogP contribution < -0.4 is 5.49 Å². The fourth-order valence-corrected chi connectivity index (χ4v) is 2.51. The highest BCUT2D eigenvalue weighted by Crippen LogP contribution is 2.29. The van der Waals surface area contributed by atoms with E-state index in [1.807, 2.05) is 0 Å². The fraction of sp³-hybridized carbons (Fsp3) is 0.583. The molecule has 1 fully saturated rings. The molecule has 114 valence electrons. The number of ether oxygens (including phenoxy) is 1. The lowest BCUT2D eigenvalue weighted by Gasteiger charge is -2.13. The van der Waals surface area contributed by atoms with Gasteiger partial charge in [-0.3, -0.25) is 9.98 Å². The molecule has 4 N–H and O–H groups in total. The Morgan fingerprint density at radius 3 is 2.81 bits per heavy atom. The molecule has 21 heavy (non-hydrogen) atoms. The Bertz CT molecular complexity index is 697. The molecule has 0 unspecified atom stereocenters. The Morgan fingerprint density at radius 1 is 1.33 bits per heavy atom. The van der Waals surface area contributed by atoms with Crippen LogP contribution >= 0.6 is 0 Å². The molecule has 9 heteroatoms. The SMILES string of the molecule is N=c1c2ncn([C@H]3C[C@@H](O)[C@@H](CO)O3)c2ncn1CCO.